The Kier molecular flexibility index (Phi) is 4.82. The third-order valence-corrected chi connectivity index (χ3v) is 6.65. The molecule has 5 heteroatoms. The van der Waals surface area contributed by atoms with Crippen molar-refractivity contribution in [3.63, 3.8) is 0 Å². The van der Waals surface area contributed by atoms with Crippen molar-refractivity contribution in [2.75, 3.05) is 5.75 Å². The van der Waals surface area contributed by atoms with Crippen LogP contribution in [0.3, 0.4) is 0 Å². The first kappa shape index (κ1) is 18.0. The minimum Gasteiger partial charge on any atom is -0.340 e. The van der Waals surface area contributed by atoms with Crippen LogP contribution in [0.25, 0.3) is 11.0 Å². The van der Waals surface area contributed by atoms with Crippen LogP contribution in [-0.4, -0.2) is 31.9 Å². The number of carbonyl (C=O) groups excluding carboxylic acids is 1. The molecule has 1 aliphatic rings. The normalized spacial score (nSPS) is 16.8. The van der Waals surface area contributed by atoms with E-state index in [4.69, 9.17) is 4.98 Å². The van der Waals surface area contributed by atoms with Gasteiger partial charge in [0.15, 0.2) is 0 Å². The Balaban J connectivity index is 1.51. The summed E-state index contributed by atoms with van der Waals surface area (Å²) in [6, 6.07) is 28.9. The zero-order valence-corrected chi connectivity index (χ0v) is 16.7. The predicted octanol–water partition coefficient (Wildman–Crippen LogP) is 4.80. The molecule has 0 saturated carbocycles. The van der Waals surface area contributed by atoms with Gasteiger partial charge in [0.1, 0.15) is 5.82 Å². The molecule has 1 aliphatic heterocycles. The second-order valence-corrected chi connectivity index (χ2v) is 8.33. The molecule has 4 aromatic rings. The third-order valence-electron chi connectivity index (χ3n) is 5.37. The number of H-pyrrole nitrogens is 1. The molecule has 0 aliphatic carbocycles. The largest absolute Gasteiger partial charge is 0.340 e. The lowest BCUT2D eigenvalue weighted by molar-refractivity contribution is -0.128. The van der Waals surface area contributed by atoms with Crippen molar-refractivity contribution in [1.82, 2.24) is 14.9 Å². The van der Waals surface area contributed by atoms with E-state index >= 15 is 0 Å². The van der Waals surface area contributed by atoms with Crippen LogP contribution in [0, 0.1) is 0 Å². The summed E-state index contributed by atoms with van der Waals surface area (Å²) in [5.74, 6) is 1.60. The smallest absolute Gasteiger partial charge is 0.233 e. The number of nitrogens with one attached hydrogen (secondary N) is 1. The number of imidazole rings is 1. The van der Waals surface area contributed by atoms with Gasteiger partial charge in [-0.2, -0.15) is 0 Å². The Bertz CT molecular complexity index is 1050. The lowest BCUT2D eigenvalue weighted by Gasteiger charge is -2.31. The first-order chi connectivity index (χ1) is 14.3. The molecule has 0 bridgehead atoms. The van der Waals surface area contributed by atoms with Crippen LogP contribution in [0.5, 0.6) is 0 Å². The fourth-order valence-electron chi connectivity index (χ4n) is 4.01. The van der Waals surface area contributed by atoms with E-state index in [1.807, 2.05) is 41.3 Å². The number of hydrogen-bond donors (Lipinski definition) is 1. The first-order valence-electron chi connectivity index (χ1n) is 9.74. The van der Waals surface area contributed by atoms with Gasteiger partial charge in [0, 0.05) is 5.92 Å². The van der Waals surface area contributed by atoms with E-state index < -0.39 is 0 Å². The van der Waals surface area contributed by atoms with Gasteiger partial charge in [-0.25, -0.2) is 4.98 Å². The maximum absolute atomic E-state index is 12.8. The first-order valence-corrected chi connectivity index (χ1v) is 10.8. The highest BCUT2D eigenvalue weighted by Crippen LogP contribution is 2.41. The Morgan fingerprint density at radius 1 is 0.931 bits per heavy atom. The lowest BCUT2D eigenvalue weighted by Crippen LogP contribution is -2.36. The zero-order valence-electron chi connectivity index (χ0n) is 15.9. The number of aromatic nitrogens is 2. The van der Waals surface area contributed by atoms with Gasteiger partial charge in [0.05, 0.1) is 28.7 Å². The summed E-state index contributed by atoms with van der Waals surface area (Å²) < 4.78 is 0. The fourth-order valence-corrected chi connectivity index (χ4v) is 5.37. The van der Waals surface area contributed by atoms with Crippen LogP contribution in [-0.2, 0) is 11.3 Å². The van der Waals surface area contributed by atoms with Crippen molar-refractivity contribution in [3.05, 3.63) is 102 Å². The van der Waals surface area contributed by atoms with Gasteiger partial charge >= 0.3 is 0 Å². The monoisotopic (exact) mass is 399 g/mol. The van der Waals surface area contributed by atoms with Crippen molar-refractivity contribution in [1.29, 1.82) is 0 Å². The summed E-state index contributed by atoms with van der Waals surface area (Å²) in [5, 5.41) is 0.0283. The van der Waals surface area contributed by atoms with Crippen LogP contribution in [0.1, 0.15) is 22.9 Å². The number of para-hydroxylation sites is 2. The molecule has 4 nitrogen and oxygen atoms in total. The van der Waals surface area contributed by atoms with Crippen LogP contribution >= 0.6 is 11.8 Å². The number of carbonyl (C=O) groups is 1. The minimum absolute atomic E-state index is 0.0283. The molecule has 1 N–H and O–H groups in total. The SMILES string of the molecule is O=C1CSC(C(c2ccccc2)c2ccccc2)N1Cc1nc2ccccc2[nH]1. The standard InChI is InChI=1S/C24H21N3OS/c28-22-16-29-24(27(22)15-21-25-19-13-7-8-14-20(19)26-21)23(17-9-3-1-4-10-17)18-11-5-2-6-12-18/h1-14,23-24H,15-16H2,(H,25,26). The fraction of sp³-hybridized carbons (Fsp3) is 0.167. The number of benzene rings is 3. The second kappa shape index (κ2) is 7.76. The van der Waals surface area contributed by atoms with Gasteiger partial charge in [-0.1, -0.05) is 72.8 Å². The van der Waals surface area contributed by atoms with E-state index in [9.17, 15) is 4.79 Å². The summed E-state index contributed by atoms with van der Waals surface area (Å²) in [4.78, 5) is 22.9. The van der Waals surface area contributed by atoms with Gasteiger partial charge in [0.25, 0.3) is 0 Å². The number of nitrogens with zero attached hydrogens (tertiary/aromatic N) is 2. The highest BCUT2D eigenvalue weighted by Gasteiger charge is 2.39. The molecule has 1 aromatic heterocycles. The number of fused-ring (bicyclic) bond motifs is 1. The highest BCUT2D eigenvalue weighted by atomic mass is 32.2. The Labute approximate surface area is 174 Å². The van der Waals surface area contributed by atoms with Gasteiger partial charge in [-0.3, -0.25) is 4.79 Å². The number of hydrogen-bond acceptors (Lipinski definition) is 3. The predicted molar refractivity (Wildman–Crippen MR) is 118 cm³/mol. The number of thioether (sulfide) groups is 1. The third kappa shape index (κ3) is 3.54. The molecular weight excluding hydrogens is 378 g/mol. The Morgan fingerprint density at radius 2 is 1.55 bits per heavy atom. The van der Waals surface area contributed by atoms with Crippen molar-refractivity contribution in [2.45, 2.75) is 17.8 Å². The minimum atomic E-state index is 0.0283. The van der Waals surface area contributed by atoms with E-state index in [0.29, 0.717) is 12.3 Å². The van der Waals surface area contributed by atoms with Crippen LogP contribution in [0.15, 0.2) is 84.9 Å². The zero-order chi connectivity index (χ0) is 19.6. The van der Waals surface area contributed by atoms with Crippen LogP contribution in [0.4, 0.5) is 0 Å². The number of aromatic amines is 1. The summed E-state index contributed by atoms with van der Waals surface area (Å²) in [5.41, 5.74) is 4.38. The summed E-state index contributed by atoms with van der Waals surface area (Å²) >= 11 is 1.72. The lowest BCUT2D eigenvalue weighted by atomic mass is 9.90. The van der Waals surface area contributed by atoms with E-state index in [2.05, 4.69) is 53.5 Å². The molecule has 5 rings (SSSR count). The van der Waals surface area contributed by atoms with Gasteiger partial charge in [-0.15, -0.1) is 11.8 Å². The average molecular weight is 400 g/mol. The Hall–Kier alpha value is -3.05. The van der Waals surface area contributed by atoms with Gasteiger partial charge < -0.3 is 9.88 Å². The van der Waals surface area contributed by atoms with Crippen molar-refractivity contribution in [3.8, 4) is 0 Å². The van der Waals surface area contributed by atoms with E-state index in [-0.39, 0.29) is 17.2 Å². The van der Waals surface area contributed by atoms with E-state index in [0.717, 1.165) is 16.9 Å². The van der Waals surface area contributed by atoms with Gasteiger partial charge in [-0.05, 0) is 23.3 Å². The summed E-state index contributed by atoms with van der Waals surface area (Å²) in [6.45, 7) is 0.487. The maximum Gasteiger partial charge on any atom is 0.233 e. The quantitative estimate of drug-likeness (QED) is 0.525. The number of rotatable bonds is 5. The van der Waals surface area contributed by atoms with Crippen molar-refractivity contribution >= 4 is 28.7 Å². The summed E-state index contributed by atoms with van der Waals surface area (Å²) in [6.07, 6.45) is 0. The molecule has 1 fully saturated rings. The van der Waals surface area contributed by atoms with Crippen LogP contribution < -0.4 is 0 Å². The van der Waals surface area contributed by atoms with Crippen molar-refractivity contribution < 1.29 is 4.79 Å². The molecule has 144 valence electrons. The van der Waals surface area contributed by atoms with E-state index in [1.54, 1.807) is 11.8 Å². The number of amides is 1. The summed E-state index contributed by atoms with van der Waals surface area (Å²) in [7, 11) is 0. The topological polar surface area (TPSA) is 49.0 Å². The Morgan fingerprint density at radius 3 is 2.21 bits per heavy atom. The molecule has 0 spiro atoms. The average Bonchev–Trinajstić information content (AvgIpc) is 3.34. The van der Waals surface area contributed by atoms with E-state index in [1.165, 1.54) is 11.1 Å². The van der Waals surface area contributed by atoms with Crippen LogP contribution in [0.2, 0.25) is 0 Å². The maximum atomic E-state index is 12.8. The van der Waals surface area contributed by atoms with Gasteiger partial charge in [0.2, 0.25) is 5.91 Å². The molecule has 29 heavy (non-hydrogen) atoms. The molecule has 1 saturated heterocycles. The molecule has 1 amide bonds. The molecule has 1 unspecified atom stereocenters. The molecule has 2 heterocycles. The molecule has 1 atom stereocenters. The second-order valence-electron chi connectivity index (χ2n) is 7.22. The van der Waals surface area contributed by atoms with Crippen molar-refractivity contribution in [2.24, 2.45) is 0 Å². The molecular formula is C24H21N3OS. The molecule has 3 aromatic carbocycles. The highest BCUT2D eigenvalue weighted by molar-refractivity contribution is 8.01. The molecule has 0 radical (unpaired) electrons.